The van der Waals surface area contributed by atoms with E-state index in [1.54, 1.807) is 0 Å². The van der Waals surface area contributed by atoms with Crippen LogP contribution in [-0.4, -0.2) is 24.3 Å². The van der Waals surface area contributed by atoms with Gasteiger partial charge in [-0.05, 0) is 98.8 Å². The topological polar surface area (TPSA) is 32.3 Å². The fraction of sp³-hybridized carbons (Fsp3) is 1.00. The average Bonchev–Trinajstić information content (AvgIpc) is 2.92. The quantitative estimate of drug-likeness (QED) is 0.773. The summed E-state index contributed by atoms with van der Waals surface area (Å²) in [6.45, 7) is 7.50. The maximum Gasteiger partial charge on any atom is 0.0614 e. The molecule has 0 aromatic rings. The fourth-order valence-electron chi connectivity index (χ4n) is 8.34. The first-order valence-electron chi connectivity index (χ1n) is 10.8. The van der Waals surface area contributed by atoms with Crippen LogP contribution < -0.4 is 5.32 Å². The minimum absolute atomic E-state index is 0.103. The van der Waals surface area contributed by atoms with Crippen molar-refractivity contribution in [1.29, 1.82) is 0 Å². The zero-order valence-electron chi connectivity index (χ0n) is 16.4. The first-order valence-corrected chi connectivity index (χ1v) is 10.8. The largest absolute Gasteiger partial charge is 0.392 e. The summed E-state index contributed by atoms with van der Waals surface area (Å²) in [4.78, 5) is 0. The van der Waals surface area contributed by atoms with Crippen molar-refractivity contribution in [3.05, 3.63) is 0 Å². The molecule has 4 aliphatic rings. The Morgan fingerprint density at radius 2 is 1.79 bits per heavy atom. The molecule has 4 rings (SSSR count). The van der Waals surface area contributed by atoms with E-state index in [1.165, 1.54) is 51.4 Å². The van der Waals surface area contributed by atoms with Gasteiger partial charge in [-0.2, -0.15) is 0 Å². The molecule has 4 aliphatic carbocycles. The summed E-state index contributed by atoms with van der Waals surface area (Å²) in [6, 6.07) is 0.527. The van der Waals surface area contributed by atoms with E-state index in [0.717, 1.165) is 36.0 Å². The van der Waals surface area contributed by atoms with E-state index < -0.39 is 0 Å². The summed E-state index contributed by atoms with van der Waals surface area (Å²) in [5, 5.41) is 14.6. The van der Waals surface area contributed by atoms with Gasteiger partial charge in [-0.25, -0.2) is 0 Å². The Balaban J connectivity index is 1.62. The molecule has 0 bridgehead atoms. The minimum atomic E-state index is -0.103. The highest BCUT2D eigenvalue weighted by atomic mass is 16.3. The second-order valence-corrected chi connectivity index (χ2v) is 10.2. The van der Waals surface area contributed by atoms with Gasteiger partial charge in [0.25, 0.3) is 0 Å². The normalized spacial score (nSPS) is 57.1. The van der Waals surface area contributed by atoms with Crippen molar-refractivity contribution in [3.63, 3.8) is 0 Å². The molecule has 9 atom stereocenters. The Kier molecular flexibility index (Phi) is 4.32. The average molecular weight is 334 g/mol. The van der Waals surface area contributed by atoms with Crippen molar-refractivity contribution in [1.82, 2.24) is 5.32 Å². The van der Waals surface area contributed by atoms with Gasteiger partial charge in [0.15, 0.2) is 0 Å². The number of hydrogen-bond acceptors (Lipinski definition) is 2. The summed E-state index contributed by atoms with van der Waals surface area (Å²) in [5.74, 6) is 4.29. The van der Waals surface area contributed by atoms with E-state index in [-0.39, 0.29) is 11.5 Å². The number of fused-ring (bicyclic) bond motifs is 5. The van der Waals surface area contributed by atoms with E-state index in [4.69, 9.17) is 0 Å². The van der Waals surface area contributed by atoms with Crippen LogP contribution >= 0.6 is 0 Å². The highest BCUT2D eigenvalue weighted by molar-refractivity contribution is 5.11. The predicted octanol–water partition coefficient (Wildman–Crippen LogP) is 4.61. The molecule has 2 heteroatoms. The molecule has 0 unspecified atom stereocenters. The van der Waals surface area contributed by atoms with Gasteiger partial charge >= 0.3 is 0 Å². The van der Waals surface area contributed by atoms with Crippen LogP contribution in [0.2, 0.25) is 0 Å². The zero-order valence-corrected chi connectivity index (χ0v) is 16.4. The monoisotopic (exact) mass is 333 g/mol. The Bertz CT molecular complexity index is 479. The van der Waals surface area contributed by atoms with E-state index in [2.05, 4.69) is 33.1 Å². The van der Waals surface area contributed by atoms with Crippen LogP contribution in [0.1, 0.15) is 78.6 Å². The Morgan fingerprint density at radius 1 is 1.00 bits per heavy atom. The number of nitrogens with one attached hydrogen (secondary N) is 1. The number of aliphatic hydroxyl groups excluding tert-OH is 1. The molecule has 2 N–H and O–H groups in total. The van der Waals surface area contributed by atoms with Gasteiger partial charge in [-0.3, -0.25) is 0 Å². The standard InChI is InChI=1S/C22H39NO/c1-5-14-7-9-18-17-8-6-15-12-16(23-4)13-20(24)22(15,3)19(17)10-11-21(14,18)2/h14-20,23-24H,5-13H2,1-4H3/t14-,15-,16-,17-,18-,19-,20-,21+,22-/m0/s1. The molecule has 0 aromatic carbocycles. The highest BCUT2D eigenvalue weighted by Crippen LogP contribution is 2.67. The lowest BCUT2D eigenvalue weighted by Gasteiger charge is -2.62. The van der Waals surface area contributed by atoms with Gasteiger partial charge in [-0.1, -0.05) is 27.2 Å². The van der Waals surface area contributed by atoms with Gasteiger partial charge in [-0.15, -0.1) is 0 Å². The van der Waals surface area contributed by atoms with E-state index in [1.807, 2.05) is 0 Å². The zero-order chi connectivity index (χ0) is 17.1. The molecular weight excluding hydrogens is 294 g/mol. The Hall–Kier alpha value is -0.0800. The van der Waals surface area contributed by atoms with Gasteiger partial charge < -0.3 is 10.4 Å². The summed E-state index contributed by atoms with van der Waals surface area (Å²) in [5.41, 5.74) is 0.786. The van der Waals surface area contributed by atoms with Crippen molar-refractivity contribution in [2.75, 3.05) is 7.05 Å². The summed E-state index contributed by atoms with van der Waals surface area (Å²) in [7, 11) is 2.07. The van der Waals surface area contributed by atoms with Crippen LogP contribution in [0.15, 0.2) is 0 Å². The lowest BCUT2D eigenvalue weighted by Crippen LogP contribution is -2.60. The van der Waals surface area contributed by atoms with Crippen LogP contribution in [0.4, 0.5) is 0 Å². The van der Waals surface area contributed by atoms with Crippen molar-refractivity contribution in [3.8, 4) is 0 Å². The van der Waals surface area contributed by atoms with Gasteiger partial charge in [0.2, 0.25) is 0 Å². The predicted molar refractivity (Wildman–Crippen MR) is 99.7 cm³/mol. The van der Waals surface area contributed by atoms with Crippen molar-refractivity contribution in [2.45, 2.75) is 90.7 Å². The van der Waals surface area contributed by atoms with E-state index >= 15 is 0 Å². The highest BCUT2D eigenvalue weighted by Gasteiger charge is 2.61. The third-order valence-electron chi connectivity index (χ3n) is 9.86. The van der Waals surface area contributed by atoms with E-state index in [9.17, 15) is 5.11 Å². The first kappa shape index (κ1) is 17.3. The molecule has 4 saturated carbocycles. The number of aliphatic hydroxyl groups is 1. The second kappa shape index (κ2) is 5.98. The molecule has 24 heavy (non-hydrogen) atoms. The Morgan fingerprint density at radius 3 is 2.50 bits per heavy atom. The third-order valence-corrected chi connectivity index (χ3v) is 9.86. The summed E-state index contributed by atoms with van der Waals surface area (Å²) in [6.07, 6.45) is 12.0. The molecule has 0 saturated heterocycles. The summed E-state index contributed by atoms with van der Waals surface area (Å²) < 4.78 is 0. The minimum Gasteiger partial charge on any atom is -0.392 e. The van der Waals surface area contributed by atoms with Gasteiger partial charge in [0, 0.05) is 6.04 Å². The molecule has 0 aliphatic heterocycles. The molecular formula is C22H39NO. The van der Waals surface area contributed by atoms with Crippen LogP contribution in [0.25, 0.3) is 0 Å². The second-order valence-electron chi connectivity index (χ2n) is 10.2. The number of hydrogen-bond donors (Lipinski definition) is 2. The van der Waals surface area contributed by atoms with E-state index in [0.29, 0.717) is 11.5 Å². The van der Waals surface area contributed by atoms with Crippen LogP contribution in [-0.2, 0) is 0 Å². The maximum atomic E-state index is 11.2. The van der Waals surface area contributed by atoms with Crippen LogP contribution in [0.5, 0.6) is 0 Å². The smallest absolute Gasteiger partial charge is 0.0614 e. The third kappa shape index (κ3) is 2.21. The fourth-order valence-corrected chi connectivity index (χ4v) is 8.34. The molecule has 0 aromatic heterocycles. The number of rotatable bonds is 2. The molecule has 138 valence electrons. The van der Waals surface area contributed by atoms with Crippen molar-refractivity contribution >= 4 is 0 Å². The van der Waals surface area contributed by atoms with Crippen molar-refractivity contribution < 1.29 is 5.11 Å². The lowest BCUT2D eigenvalue weighted by molar-refractivity contribution is -0.167. The molecule has 0 spiro atoms. The summed E-state index contributed by atoms with van der Waals surface area (Å²) >= 11 is 0. The van der Waals surface area contributed by atoms with Crippen LogP contribution in [0.3, 0.4) is 0 Å². The molecule has 0 heterocycles. The first-order chi connectivity index (χ1) is 11.4. The Labute approximate surface area is 149 Å². The SMILES string of the molecule is CC[C@H]1CC[C@H]2[C@@H]3CC[C@H]4C[C@H](NC)C[C@H](O)[C@]4(C)[C@H]3CC[C@]12C. The maximum absolute atomic E-state index is 11.2. The molecule has 2 nitrogen and oxygen atoms in total. The van der Waals surface area contributed by atoms with Crippen LogP contribution in [0, 0.1) is 40.4 Å². The van der Waals surface area contributed by atoms with Gasteiger partial charge in [0.1, 0.15) is 0 Å². The molecule has 0 radical (unpaired) electrons. The molecule has 0 amide bonds. The lowest BCUT2D eigenvalue weighted by atomic mass is 9.44. The van der Waals surface area contributed by atoms with Crippen molar-refractivity contribution in [2.24, 2.45) is 40.4 Å². The van der Waals surface area contributed by atoms with Gasteiger partial charge in [0.05, 0.1) is 6.10 Å². The molecule has 4 fully saturated rings.